The minimum Gasteiger partial charge on any atom is -0.370 e. The van der Waals surface area contributed by atoms with Crippen molar-refractivity contribution in [3.05, 3.63) is 47.1 Å². The van der Waals surface area contributed by atoms with E-state index < -0.39 is 0 Å². The van der Waals surface area contributed by atoms with Crippen LogP contribution in [0.3, 0.4) is 0 Å². The highest BCUT2D eigenvalue weighted by molar-refractivity contribution is 5.96. The molecule has 2 aromatic heterocycles. The summed E-state index contributed by atoms with van der Waals surface area (Å²) < 4.78 is 10.8. The van der Waals surface area contributed by atoms with Crippen molar-refractivity contribution in [1.82, 2.24) is 15.0 Å². The fourth-order valence-corrected chi connectivity index (χ4v) is 2.55. The topological polar surface area (TPSA) is 68.5 Å². The molecule has 1 fully saturated rings. The quantitative estimate of drug-likeness (QED) is 0.844. The summed E-state index contributed by atoms with van der Waals surface area (Å²) in [7, 11) is 0. The molecular weight excluding hydrogens is 270 g/mol. The van der Waals surface area contributed by atoms with Crippen LogP contribution in [0.1, 0.15) is 33.5 Å². The monoisotopic (exact) mass is 287 g/mol. The van der Waals surface area contributed by atoms with E-state index in [9.17, 15) is 4.79 Å². The van der Waals surface area contributed by atoms with Gasteiger partial charge in [-0.15, -0.1) is 0 Å². The Morgan fingerprint density at radius 1 is 1.43 bits per heavy atom. The molecule has 0 aromatic carbocycles. The Balaban J connectivity index is 1.79. The van der Waals surface area contributed by atoms with Crippen LogP contribution < -0.4 is 0 Å². The maximum absolute atomic E-state index is 12.6. The van der Waals surface area contributed by atoms with E-state index >= 15 is 0 Å². The molecule has 1 aliphatic heterocycles. The first-order valence-corrected chi connectivity index (χ1v) is 6.90. The maximum atomic E-state index is 12.6. The summed E-state index contributed by atoms with van der Waals surface area (Å²) in [5, 5.41) is 3.85. The second-order valence-electron chi connectivity index (χ2n) is 5.10. The van der Waals surface area contributed by atoms with Gasteiger partial charge in [-0.1, -0.05) is 11.2 Å². The van der Waals surface area contributed by atoms with Crippen LogP contribution in [0.25, 0.3) is 0 Å². The van der Waals surface area contributed by atoms with Gasteiger partial charge in [0.25, 0.3) is 5.91 Å². The van der Waals surface area contributed by atoms with E-state index in [0.717, 1.165) is 5.56 Å². The molecule has 0 aliphatic carbocycles. The molecule has 0 saturated carbocycles. The Hall–Kier alpha value is -2.21. The molecule has 3 rings (SSSR count). The van der Waals surface area contributed by atoms with Crippen molar-refractivity contribution in [2.24, 2.45) is 0 Å². The summed E-state index contributed by atoms with van der Waals surface area (Å²) >= 11 is 0. The number of aryl methyl sites for hydroxylation is 2. The molecule has 1 atom stereocenters. The van der Waals surface area contributed by atoms with Crippen LogP contribution in [0.2, 0.25) is 0 Å². The van der Waals surface area contributed by atoms with Crippen LogP contribution in [0.4, 0.5) is 0 Å². The Labute approximate surface area is 122 Å². The van der Waals surface area contributed by atoms with Gasteiger partial charge in [0.15, 0.2) is 0 Å². The van der Waals surface area contributed by atoms with E-state index in [4.69, 9.17) is 9.26 Å². The summed E-state index contributed by atoms with van der Waals surface area (Å²) in [6.45, 7) is 5.12. The normalized spacial score (nSPS) is 18.8. The number of morpholine rings is 1. The highest BCUT2D eigenvalue weighted by atomic mass is 16.5. The Bertz CT molecular complexity index is 619. The smallest absolute Gasteiger partial charge is 0.259 e. The van der Waals surface area contributed by atoms with Gasteiger partial charge in [0.05, 0.1) is 18.8 Å². The molecule has 110 valence electrons. The minimum absolute atomic E-state index is 0.0524. The van der Waals surface area contributed by atoms with Gasteiger partial charge in [0, 0.05) is 24.5 Å². The molecule has 6 nitrogen and oxygen atoms in total. The molecule has 6 heteroatoms. The van der Waals surface area contributed by atoms with Crippen molar-refractivity contribution in [2.75, 3.05) is 19.7 Å². The van der Waals surface area contributed by atoms with Crippen molar-refractivity contribution in [2.45, 2.75) is 20.0 Å². The number of nitrogens with zero attached hydrogens (tertiary/aromatic N) is 3. The van der Waals surface area contributed by atoms with Gasteiger partial charge in [-0.05, 0) is 19.9 Å². The van der Waals surface area contributed by atoms with E-state index in [1.165, 1.54) is 0 Å². The van der Waals surface area contributed by atoms with Crippen molar-refractivity contribution < 1.29 is 14.1 Å². The van der Waals surface area contributed by atoms with Gasteiger partial charge in [-0.25, -0.2) is 0 Å². The predicted molar refractivity (Wildman–Crippen MR) is 74.8 cm³/mol. The molecule has 0 unspecified atom stereocenters. The number of hydrogen-bond acceptors (Lipinski definition) is 5. The number of ether oxygens (including phenoxy) is 1. The number of amides is 1. The van der Waals surface area contributed by atoms with Gasteiger partial charge in [0.2, 0.25) is 0 Å². The first kappa shape index (κ1) is 13.8. The van der Waals surface area contributed by atoms with E-state index in [1.54, 1.807) is 31.1 Å². The van der Waals surface area contributed by atoms with E-state index in [2.05, 4.69) is 10.1 Å². The Morgan fingerprint density at radius 2 is 2.29 bits per heavy atom. The predicted octanol–water partition coefficient (Wildman–Crippen LogP) is 1.90. The molecule has 0 radical (unpaired) electrons. The van der Waals surface area contributed by atoms with Gasteiger partial charge < -0.3 is 14.2 Å². The van der Waals surface area contributed by atoms with Gasteiger partial charge in [-0.2, -0.15) is 0 Å². The molecule has 2 aromatic rings. The average molecular weight is 287 g/mol. The number of aromatic nitrogens is 2. The zero-order valence-electron chi connectivity index (χ0n) is 12.1. The largest absolute Gasteiger partial charge is 0.370 e. The summed E-state index contributed by atoms with van der Waals surface area (Å²) in [6.07, 6.45) is 3.35. The standard InChI is InChI=1S/C15H17N3O3/c1-10-14(11(2)21-17-10)15(19)18-6-7-20-13(9-18)12-4-3-5-16-8-12/h3-5,8,13H,6-7,9H2,1-2H3/t13-/m0/s1. The first-order valence-electron chi connectivity index (χ1n) is 6.90. The third-order valence-electron chi connectivity index (χ3n) is 3.66. The number of rotatable bonds is 2. The molecule has 0 N–H and O–H groups in total. The molecule has 1 aliphatic rings. The molecule has 1 amide bonds. The molecule has 3 heterocycles. The number of hydrogen-bond donors (Lipinski definition) is 0. The molecule has 0 spiro atoms. The summed E-state index contributed by atoms with van der Waals surface area (Å²) in [5.41, 5.74) is 2.16. The number of carbonyl (C=O) groups excluding carboxylic acids is 1. The number of carbonyl (C=O) groups is 1. The lowest BCUT2D eigenvalue weighted by molar-refractivity contribution is -0.0230. The van der Waals surface area contributed by atoms with Crippen LogP contribution in [0, 0.1) is 13.8 Å². The van der Waals surface area contributed by atoms with E-state index in [1.807, 2.05) is 12.1 Å². The zero-order chi connectivity index (χ0) is 14.8. The van der Waals surface area contributed by atoms with Crippen LogP contribution in [-0.2, 0) is 4.74 Å². The summed E-state index contributed by atoms with van der Waals surface area (Å²) in [6, 6.07) is 3.83. The highest BCUT2D eigenvalue weighted by Crippen LogP contribution is 2.24. The molecule has 21 heavy (non-hydrogen) atoms. The molecular formula is C15H17N3O3. The fraction of sp³-hybridized carbons (Fsp3) is 0.400. The highest BCUT2D eigenvalue weighted by Gasteiger charge is 2.29. The van der Waals surface area contributed by atoms with Gasteiger partial charge >= 0.3 is 0 Å². The van der Waals surface area contributed by atoms with Crippen LogP contribution in [0.5, 0.6) is 0 Å². The third kappa shape index (κ3) is 2.67. The van der Waals surface area contributed by atoms with Gasteiger partial charge in [0.1, 0.15) is 17.4 Å². The zero-order valence-corrected chi connectivity index (χ0v) is 12.1. The van der Waals surface area contributed by atoms with Crippen molar-refractivity contribution in [3.8, 4) is 0 Å². The van der Waals surface area contributed by atoms with Gasteiger partial charge in [-0.3, -0.25) is 9.78 Å². The minimum atomic E-state index is -0.142. The Morgan fingerprint density at radius 3 is 2.95 bits per heavy atom. The Kier molecular flexibility index (Phi) is 3.70. The van der Waals surface area contributed by atoms with Crippen LogP contribution in [0.15, 0.2) is 29.0 Å². The molecule has 1 saturated heterocycles. The maximum Gasteiger partial charge on any atom is 0.259 e. The SMILES string of the molecule is Cc1noc(C)c1C(=O)N1CCO[C@H](c2cccnc2)C1. The van der Waals surface area contributed by atoms with E-state index in [0.29, 0.717) is 36.7 Å². The van der Waals surface area contributed by atoms with Crippen molar-refractivity contribution >= 4 is 5.91 Å². The number of pyridine rings is 1. The first-order chi connectivity index (χ1) is 10.2. The summed E-state index contributed by atoms with van der Waals surface area (Å²) in [4.78, 5) is 18.5. The fourth-order valence-electron chi connectivity index (χ4n) is 2.55. The second-order valence-corrected chi connectivity index (χ2v) is 5.10. The van der Waals surface area contributed by atoms with Crippen molar-refractivity contribution in [3.63, 3.8) is 0 Å². The second kappa shape index (κ2) is 5.65. The van der Waals surface area contributed by atoms with Crippen LogP contribution >= 0.6 is 0 Å². The van der Waals surface area contributed by atoms with E-state index in [-0.39, 0.29) is 12.0 Å². The lowest BCUT2D eigenvalue weighted by atomic mass is 10.1. The van der Waals surface area contributed by atoms with Crippen molar-refractivity contribution in [1.29, 1.82) is 0 Å². The lowest BCUT2D eigenvalue weighted by Crippen LogP contribution is -2.42. The van der Waals surface area contributed by atoms with Crippen LogP contribution in [-0.4, -0.2) is 40.6 Å². The lowest BCUT2D eigenvalue weighted by Gasteiger charge is -2.33. The summed E-state index contributed by atoms with van der Waals surface area (Å²) in [5.74, 6) is 0.505. The average Bonchev–Trinajstić information content (AvgIpc) is 2.86. The third-order valence-corrected chi connectivity index (χ3v) is 3.66. The molecule has 0 bridgehead atoms.